The third-order valence-electron chi connectivity index (χ3n) is 2.88. The van der Waals surface area contributed by atoms with Gasteiger partial charge in [0.25, 0.3) is 0 Å². The van der Waals surface area contributed by atoms with Gasteiger partial charge in [0.2, 0.25) is 0 Å². The highest BCUT2D eigenvalue weighted by Crippen LogP contribution is 2.22. The highest BCUT2D eigenvalue weighted by Gasteiger charge is 2.00. The number of hydrogen-bond acceptors (Lipinski definition) is 2. The molecule has 0 amide bonds. The molecule has 96 valence electrons. The topological polar surface area (TPSA) is 20.2 Å². The first-order chi connectivity index (χ1) is 8.24. The van der Waals surface area contributed by atoms with Crippen LogP contribution in [-0.4, -0.2) is 10.9 Å². The van der Waals surface area contributed by atoms with Crippen LogP contribution in [0, 0.1) is 0 Å². The quantitative estimate of drug-likeness (QED) is 0.529. The standard InChI is InChI=1S/C15H24OS/c1-3-4-5-6-7-12-17-15-10-8-14(9-11-15)13(2)16/h8-11,13,16H,3-7,12H2,1-2H3. The number of unbranched alkanes of at least 4 members (excludes halogenated alkanes) is 4. The van der Waals surface area contributed by atoms with Gasteiger partial charge in [0.15, 0.2) is 0 Å². The molecule has 1 aromatic rings. The lowest BCUT2D eigenvalue weighted by Crippen LogP contribution is -1.89. The lowest BCUT2D eigenvalue weighted by Gasteiger charge is -2.06. The van der Waals surface area contributed by atoms with Crippen LogP contribution in [-0.2, 0) is 0 Å². The van der Waals surface area contributed by atoms with Gasteiger partial charge in [-0.25, -0.2) is 0 Å². The van der Waals surface area contributed by atoms with Crippen molar-refractivity contribution in [2.75, 3.05) is 5.75 Å². The molecule has 0 saturated carbocycles. The number of thioether (sulfide) groups is 1. The molecule has 0 bridgehead atoms. The first kappa shape index (κ1) is 14.6. The van der Waals surface area contributed by atoms with Gasteiger partial charge >= 0.3 is 0 Å². The minimum Gasteiger partial charge on any atom is -0.389 e. The van der Waals surface area contributed by atoms with E-state index in [4.69, 9.17) is 0 Å². The Kier molecular flexibility index (Phi) is 7.38. The second-order valence-corrected chi connectivity index (χ2v) is 5.68. The second kappa shape index (κ2) is 8.60. The summed E-state index contributed by atoms with van der Waals surface area (Å²) < 4.78 is 0. The SMILES string of the molecule is CCCCCCCSc1ccc(C(C)O)cc1. The number of rotatable bonds is 8. The average Bonchev–Trinajstić information content (AvgIpc) is 2.34. The molecule has 0 fully saturated rings. The van der Waals surface area contributed by atoms with Crippen LogP contribution in [0.15, 0.2) is 29.2 Å². The molecule has 0 aliphatic carbocycles. The fraction of sp³-hybridized carbons (Fsp3) is 0.600. The van der Waals surface area contributed by atoms with Gasteiger partial charge in [0, 0.05) is 4.90 Å². The Morgan fingerprint density at radius 3 is 2.29 bits per heavy atom. The molecule has 0 spiro atoms. The Morgan fingerprint density at radius 1 is 1.06 bits per heavy atom. The van der Waals surface area contributed by atoms with E-state index in [-0.39, 0.29) is 6.10 Å². The summed E-state index contributed by atoms with van der Waals surface area (Å²) in [5.41, 5.74) is 0.997. The summed E-state index contributed by atoms with van der Waals surface area (Å²) in [6.07, 6.45) is 6.36. The Balaban J connectivity index is 2.19. The van der Waals surface area contributed by atoms with E-state index in [2.05, 4.69) is 19.1 Å². The predicted octanol–water partition coefficient (Wildman–Crippen LogP) is 4.80. The highest BCUT2D eigenvalue weighted by molar-refractivity contribution is 7.99. The third-order valence-corrected chi connectivity index (χ3v) is 3.98. The highest BCUT2D eigenvalue weighted by atomic mass is 32.2. The van der Waals surface area contributed by atoms with Crippen LogP contribution in [0.3, 0.4) is 0 Å². The lowest BCUT2D eigenvalue weighted by atomic mass is 10.1. The molecule has 0 heterocycles. The molecular weight excluding hydrogens is 228 g/mol. The second-order valence-electron chi connectivity index (χ2n) is 4.51. The smallest absolute Gasteiger partial charge is 0.0761 e. The largest absolute Gasteiger partial charge is 0.389 e. The van der Waals surface area contributed by atoms with Crippen LogP contribution in [0.25, 0.3) is 0 Å². The van der Waals surface area contributed by atoms with Gasteiger partial charge in [-0.05, 0) is 36.8 Å². The maximum atomic E-state index is 9.40. The fourth-order valence-corrected chi connectivity index (χ4v) is 2.65. The molecule has 0 saturated heterocycles. The number of aliphatic hydroxyl groups is 1. The van der Waals surface area contributed by atoms with Crippen molar-refractivity contribution >= 4 is 11.8 Å². The van der Waals surface area contributed by atoms with E-state index >= 15 is 0 Å². The van der Waals surface area contributed by atoms with E-state index < -0.39 is 0 Å². The monoisotopic (exact) mass is 252 g/mol. The molecule has 2 heteroatoms. The number of aliphatic hydroxyl groups excluding tert-OH is 1. The molecule has 1 rings (SSSR count). The minimum atomic E-state index is -0.358. The number of hydrogen-bond donors (Lipinski definition) is 1. The Bertz CT molecular complexity index is 292. The summed E-state index contributed by atoms with van der Waals surface area (Å²) in [5.74, 6) is 1.21. The zero-order valence-corrected chi connectivity index (χ0v) is 11.8. The van der Waals surface area contributed by atoms with E-state index in [1.165, 1.54) is 42.8 Å². The number of benzene rings is 1. The van der Waals surface area contributed by atoms with Crippen LogP contribution in [0.2, 0.25) is 0 Å². The van der Waals surface area contributed by atoms with Gasteiger partial charge in [0.05, 0.1) is 6.10 Å². The van der Waals surface area contributed by atoms with Gasteiger partial charge in [0.1, 0.15) is 0 Å². The van der Waals surface area contributed by atoms with Crippen LogP contribution in [0.4, 0.5) is 0 Å². The molecule has 0 aliphatic rings. The maximum Gasteiger partial charge on any atom is 0.0761 e. The zero-order chi connectivity index (χ0) is 12.5. The van der Waals surface area contributed by atoms with Crippen LogP contribution in [0.1, 0.15) is 57.6 Å². The zero-order valence-electron chi connectivity index (χ0n) is 11.0. The van der Waals surface area contributed by atoms with E-state index in [9.17, 15) is 5.11 Å². The lowest BCUT2D eigenvalue weighted by molar-refractivity contribution is 0.199. The normalized spacial score (nSPS) is 12.6. The molecule has 1 nitrogen and oxygen atoms in total. The maximum absolute atomic E-state index is 9.40. The molecule has 17 heavy (non-hydrogen) atoms. The van der Waals surface area contributed by atoms with Crippen LogP contribution >= 0.6 is 11.8 Å². The van der Waals surface area contributed by atoms with Crippen LogP contribution in [0.5, 0.6) is 0 Å². The molecule has 1 atom stereocenters. The predicted molar refractivity (Wildman–Crippen MR) is 76.6 cm³/mol. The van der Waals surface area contributed by atoms with Crippen molar-refractivity contribution in [1.82, 2.24) is 0 Å². The summed E-state index contributed by atoms with van der Waals surface area (Å²) in [6.45, 7) is 4.05. The van der Waals surface area contributed by atoms with E-state index in [0.717, 1.165) is 5.56 Å². The summed E-state index contributed by atoms with van der Waals surface area (Å²) in [4.78, 5) is 1.31. The van der Waals surface area contributed by atoms with Crippen molar-refractivity contribution in [3.63, 3.8) is 0 Å². The van der Waals surface area contributed by atoms with Crippen molar-refractivity contribution in [2.45, 2.75) is 57.0 Å². The minimum absolute atomic E-state index is 0.358. The van der Waals surface area contributed by atoms with E-state index in [0.29, 0.717) is 0 Å². The fourth-order valence-electron chi connectivity index (χ4n) is 1.74. The summed E-state index contributed by atoms with van der Waals surface area (Å²) in [7, 11) is 0. The molecular formula is C15H24OS. The molecule has 0 aromatic heterocycles. The summed E-state index contributed by atoms with van der Waals surface area (Å²) in [6, 6.07) is 8.26. The van der Waals surface area contributed by atoms with Crippen molar-refractivity contribution in [2.24, 2.45) is 0 Å². The molecule has 0 aliphatic heterocycles. The van der Waals surface area contributed by atoms with Gasteiger partial charge in [-0.2, -0.15) is 0 Å². The van der Waals surface area contributed by atoms with Crippen molar-refractivity contribution in [1.29, 1.82) is 0 Å². The Labute approximate surface area is 110 Å². The Hall–Kier alpha value is -0.470. The van der Waals surface area contributed by atoms with Crippen molar-refractivity contribution in [3.05, 3.63) is 29.8 Å². The summed E-state index contributed by atoms with van der Waals surface area (Å²) in [5, 5.41) is 9.40. The summed E-state index contributed by atoms with van der Waals surface area (Å²) >= 11 is 1.92. The van der Waals surface area contributed by atoms with E-state index in [1.54, 1.807) is 6.92 Å². The first-order valence-corrected chi connectivity index (χ1v) is 7.63. The van der Waals surface area contributed by atoms with Crippen LogP contribution < -0.4 is 0 Å². The van der Waals surface area contributed by atoms with Gasteiger partial charge in [-0.15, -0.1) is 11.8 Å². The third kappa shape index (κ3) is 6.13. The average molecular weight is 252 g/mol. The van der Waals surface area contributed by atoms with Crippen molar-refractivity contribution in [3.8, 4) is 0 Å². The van der Waals surface area contributed by atoms with Gasteiger partial charge in [-0.3, -0.25) is 0 Å². The van der Waals surface area contributed by atoms with Gasteiger partial charge in [-0.1, -0.05) is 44.7 Å². The first-order valence-electron chi connectivity index (χ1n) is 6.65. The Morgan fingerprint density at radius 2 is 1.71 bits per heavy atom. The molecule has 1 N–H and O–H groups in total. The molecule has 1 aromatic carbocycles. The molecule has 0 radical (unpaired) electrons. The van der Waals surface area contributed by atoms with Gasteiger partial charge < -0.3 is 5.11 Å². The van der Waals surface area contributed by atoms with Crippen molar-refractivity contribution < 1.29 is 5.11 Å². The molecule has 1 unspecified atom stereocenters. The van der Waals surface area contributed by atoms with E-state index in [1.807, 2.05) is 23.9 Å².